The molecule has 11 heavy (non-hydrogen) atoms. The lowest BCUT2D eigenvalue weighted by atomic mass is 10.6. The van der Waals surface area contributed by atoms with Crippen LogP contribution >= 0.6 is 21.6 Å². The zero-order valence-electron chi connectivity index (χ0n) is 6.18. The molecule has 0 saturated carbocycles. The third-order valence-electron chi connectivity index (χ3n) is 0.674. The topological polar surface area (TPSA) is 26.0 Å². The van der Waals surface area contributed by atoms with Crippen molar-refractivity contribution in [3.8, 4) is 0 Å². The van der Waals surface area contributed by atoms with Gasteiger partial charge in [-0.2, -0.15) is 13.2 Å². The molecule has 0 rings (SSSR count). The lowest BCUT2D eigenvalue weighted by molar-refractivity contribution is -0.127. The highest BCUT2D eigenvalue weighted by Crippen LogP contribution is 2.36. The van der Waals surface area contributed by atoms with E-state index >= 15 is 0 Å². The Kier molecular flexibility index (Phi) is 4.65. The Labute approximate surface area is 71.7 Å². The second-order valence-corrected chi connectivity index (χ2v) is 5.19. The van der Waals surface area contributed by atoms with Crippen LogP contribution in [0.3, 0.4) is 0 Å². The van der Waals surface area contributed by atoms with Crippen molar-refractivity contribution >= 4 is 21.6 Å². The normalized spacial score (nSPS) is 15.5. The van der Waals surface area contributed by atoms with Crippen molar-refractivity contribution in [3.05, 3.63) is 0 Å². The summed E-state index contributed by atoms with van der Waals surface area (Å²) in [5.74, 6) is 0. The van der Waals surface area contributed by atoms with E-state index in [2.05, 4.69) is 0 Å². The number of nitrogens with two attached hydrogens (primary N) is 1. The maximum Gasteiger partial charge on any atom is 0.413 e. The summed E-state index contributed by atoms with van der Waals surface area (Å²) >= 11 is 0. The first-order valence-corrected chi connectivity index (χ1v) is 5.26. The van der Waals surface area contributed by atoms with Crippen molar-refractivity contribution < 1.29 is 13.2 Å². The predicted octanol–water partition coefficient (Wildman–Crippen LogP) is 2.62. The van der Waals surface area contributed by atoms with Crippen molar-refractivity contribution in [1.82, 2.24) is 0 Å². The molecule has 2 N–H and O–H groups in total. The van der Waals surface area contributed by atoms with E-state index in [1.807, 2.05) is 13.8 Å². The van der Waals surface area contributed by atoms with Gasteiger partial charge in [-0.1, -0.05) is 35.4 Å². The summed E-state index contributed by atoms with van der Waals surface area (Å²) < 4.78 is 35.2. The molecule has 0 amide bonds. The molecule has 0 aromatic carbocycles. The zero-order chi connectivity index (χ0) is 9.07. The van der Waals surface area contributed by atoms with Crippen molar-refractivity contribution in [2.75, 3.05) is 0 Å². The summed E-state index contributed by atoms with van der Waals surface area (Å²) in [4.78, 5) is 0. The number of hydrogen-bond acceptors (Lipinski definition) is 3. The van der Waals surface area contributed by atoms with Crippen LogP contribution in [0.25, 0.3) is 0 Å². The maximum atomic E-state index is 11.7. The van der Waals surface area contributed by atoms with Gasteiger partial charge in [0.25, 0.3) is 0 Å². The zero-order valence-corrected chi connectivity index (χ0v) is 7.82. The average molecular weight is 205 g/mol. The van der Waals surface area contributed by atoms with E-state index in [4.69, 9.17) is 5.73 Å². The molecule has 0 aromatic heterocycles. The number of halogens is 3. The predicted molar refractivity (Wildman–Crippen MR) is 44.3 cm³/mol. The number of alkyl halides is 3. The second-order valence-electron chi connectivity index (χ2n) is 2.20. The largest absolute Gasteiger partial charge is 0.413 e. The minimum atomic E-state index is -4.29. The Morgan fingerprint density at radius 3 is 1.91 bits per heavy atom. The van der Waals surface area contributed by atoms with E-state index in [0.29, 0.717) is 10.8 Å². The molecule has 0 spiro atoms. The van der Waals surface area contributed by atoms with E-state index in [0.717, 1.165) is 10.8 Å². The molecule has 0 bridgehead atoms. The Hall–Kier alpha value is 0.450. The van der Waals surface area contributed by atoms with Gasteiger partial charge in [0.15, 0.2) is 5.37 Å². The fourth-order valence-electron chi connectivity index (χ4n) is 0.226. The molecule has 0 aliphatic carbocycles. The van der Waals surface area contributed by atoms with Crippen molar-refractivity contribution in [3.63, 3.8) is 0 Å². The molecule has 0 fully saturated rings. The Morgan fingerprint density at radius 1 is 1.18 bits per heavy atom. The lowest BCUT2D eigenvalue weighted by Gasteiger charge is -2.14. The van der Waals surface area contributed by atoms with Crippen LogP contribution in [0.15, 0.2) is 0 Å². The van der Waals surface area contributed by atoms with E-state index in [1.165, 1.54) is 0 Å². The highest BCUT2D eigenvalue weighted by molar-refractivity contribution is 8.77. The van der Waals surface area contributed by atoms with Gasteiger partial charge in [0.05, 0.1) is 0 Å². The van der Waals surface area contributed by atoms with Gasteiger partial charge in [-0.15, -0.1) is 0 Å². The molecular formula is C5H10F3NS2. The number of hydrogen-bond donors (Lipinski definition) is 1. The van der Waals surface area contributed by atoms with Crippen molar-refractivity contribution in [2.45, 2.75) is 30.6 Å². The van der Waals surface area contributed by atoms with Gasteiger partial charge in [-0.05, 0) is 0 Å². The third kappa shape index (κ3) is 5.69. The van der Waals surface area contributed by atoms with Crippen molar-refractivity contribution in [2.24, 2.45) is 5.73 Å². The molecule has 0 saturated heterocycles. The van der Waals surface area contributed by atoms with Gasteiger partial charge in [0.2, 0.25) is 0 Å². The Balaban J connectivity index is 3.61. The van der Waals surface area contributed by atoms with Crippen LogP contribution in [0.1, 0.15) is 13.8 Å². The summed E-state index contributed by atoms with van der Waals surface area (Å²) in [5, 5.41) is -1.61. The summed E-state index contributed by atoms with van der Waals surface area (Å²) in [5.41, 5.74) is 4.82. The smallest absolute Gasteiger partial charge is 0.311 e. The second kappa shape index (κ2) is 4.47. The van der Waals surface area contributed by atoms with Crippen molar-refractivity contribution in [1.29, 1.82) is 0 Å². The Morgan fingerprint density at radius 2 is 1.64 bits per heavy atom. The molecule has 0 aromatic rings. The molecule has 0 heterocycles. The molecule has 1 atom stereocenters. The summed E-state index contributed by atoms with van der Waals surface area (Å²) in [6.45, 7) is 3.64. The van der Waals surface area contributed by atoms with Gasteiger partial charge >= 0.3 is 6.18 Å². The van der Waals surface area contributed by atoms with E-state index < -0.39 is 11.6 Å². The first-order valence-electron chi connectivity index (χ1n) is 2.98. The average Bonchev–Trinajstić information content (AvgIpc) is 1.80. The monoisotopic (exact) mass is 205 g/mol. The van der Waals surface area contributed by atoms with Gasteiger partial charge in [0.1, 0.15) is 0 Å². The molecule has 0 aliphatic rings. The third-order valence-corrected chi connectivity index (χ3v) is 3.75. The van der Waals surface area contributed by atoms with Crippen LogP contribution in [-0.2, 0) is 0 Å². The first-order chi connectivity index (χ1) is 4.84. The standard InChI is InChI=1S/C5H10F3NS2/c1-3(2)10-11-4(9)5(6,7)8/h3-4H,9H2,1-2H3. The van der Waals surface area contributed by atoms with Gasteiger partial charge in [0, 0.05) is 5.25 Å². The highest BCUT2D eigenvalue weighted by Gasteiger charge is 2.37. The first kappa shape index (κ1) is 11.4. The van der Waals surface area contributed by atoms with Crippen LogP contribution in [-0.4, -0.2) is 16.8 Å². The van der Waals surface area contributed by atoms with Gasteiger partial charge < -0.3 is 5.73 Å². The highest BCUT2D eigenvalue weighted by atomic mass is 33.1. The summed E-state index contributed by atoms with van der Waals surface area (Å²) in [7, 11) is 1.80. The van der Waals surface area contributed by atoms with E-state index in [9.17, 15) is 13.2 Å². The molecule has 1 nitrogen and oxygen atoms in total. The summed E-state index contributed by atoms with van der Waals surface area (Å²) in [6.07, 6.45) is -4.29. The fraction of sp³-hybridized carbons (Fsp3) is 1.00. The summed E-state index contributed by atoms with van der Waals surface area (Å²) in [6, 6.07) is 0. The van der Waals surface area contributed by atoms with Crippen LogP contribution in [0.2, 0.25) is 0 Å². The lowest BCUT2D eigenvalue weighted by Crippen LogP contribution is -2.33. The number of rotatable bonds is 3. The SMILES string of the molecule is CC(C)SSC(N)C(F)(F)F. The van der Waals surface area contributed by atoms with Crippen LogP contribution in [0.5, 0.6) is 0 Å². The minimum absolute atomic E-state index is 0.161. The molecule has 68 valence electrons. The van der Waals surface area contributed by atoms with Crippen LogP contribution in [0.4, 0.5) is 13.2 Å². The molecule has 6 heteroatoms. The quantitative estimate of drug-likeness (QED) is 0.566. The van der Waals surface area contributed by atoms with Gasteiger partial charge in [-0.3, -0.25) is 0 Å². The molecular weight excluding hydrogens is 195 g/mol. The van der Waals surface area contributed by atoms with Crippen LogP contribution in [0, 0.1) is 0 Å². The van der Waals surface area contributed by atoms with Crippen LogP contribution < -0.4 is 5.73 Å². The van der Waals surface area contributed by atoms with E-state index in [-0.39, 0.29) is 5.25 Å². The minimum Gasteiger partial charge on any atom is -0.311 e. The fourth-order valence-corrected chi connectivity index (χ4v) is 2.03. The van der Waals surface area contributed by atoms with E-state index in [1.54, 1.807) is 0 Å². The maximum absolute atomic E-state index is 11.7. The Bertz CT molecular complexity index is 115. The molecule has 0 aliphatic heterocycles. The van der Waals surface area contributed by atoms with Gasteiger partial charge in [-0.25, -0.2) is 0 Å². The molecule has 1 unspecified atom stereocenters. The molecule has 0 radical (unpaired) electrons.